The molecule has 1 amide bonds. The summed E-state index contributed by atoms with van der Waals surface area (Å²) in [5.41, 5.74) is 0.516. The van der Waals surface area contributed by atoms with Crippen molar-refractivity contribution in [3.8, 4) is 0 Å². The van der Waals surface area contributed by atoms with Crippen molar-refractivity contribution in [2.45, 2.75) is 42.9 Å². The molecule has 0 bridgehead atoms. The monoisotopic (exact) mass is 469 g/mol. The molecular formula is C19H27N5O5S2. The maximum Gasteiger partial charge on any atom is 0.343 e. The summed E-state index contributed by atoms with van der Waals surface area (Å²) in [5.74, 6) is -0.0765. The predicted molar refractivity (Wildman–Crippen MR) is 116 cm³/mol. The van der Waals surface area contributed by atoms with Gasteiger partial charge in [0.1, 0.15) is 0 Å². The van der Waals surface area contributed by atoms with E-state index < -0.39 is 10.0 Å². The molecule has 1 aliphatic rings. The van der Waals surface area contributed by atoms with Crippen molar-refractivity contribution in [3.63, 3.8) is 0 Å². The third-order valence-electron chi connectivity index (χ3n) is 4.81. The van der Waals surface area contributed by atoms with Gasteiger partial charge in [-0.25, -0.2) is 18.3 Å². The Labute approximate surface area is 185 Å². The molecule has 0 unspecified atom stereocenters. The quantitative estimate of drug-likeness (QED) is 0.493. The first-order valence-electron chi connectivity index (χ1n) is 10.1. The molecule has 2 aromatic rings. The minimum absolute atomic E-state index is 0.125. The molecule has 1 aliphatic heterocycles. The van der Waals surface area contributed by atoms with E-state index in [1.165, 1.54) is 20.6 Å². The van der Waals surface area contributed by atoms with Crippen LogP contribution in [0.3, 0.4) is 0 Å². The summed E-state index contributed by atoms with van der Waals surface area (Å²) in [7, 11) is -3.53. The van der Waals surface area contributed by atoms with Crippen molar-refractivity contribution in [3.05, 3.63) is 40.3 Å². The summed E-state index contributed by atoms with van der Waals surface area (Å²) in [6.07, 6.45) is 1.81. The average molecular weight is 470 g/mol. The minimum atomic E-state index is -3.53. The Hall–Kier alpha value is -2.15. The summed E-state index contributed by atoms with van der Waals surface area (Å²) in [6, 6.07) is 6.49. The number of hydrogen-bond acceptors (Lipinski definition) is 7. The van der Waals surface area contributed by atoms with E-state index in [-0.39, 0.29) is 28.8 Å². The van der Waals surface area contributed by atoms with Crippen molar-refractivity contribution in [2.24, 2.45) is 0 Å². The number of rotatable bonds is 10. The zero-order chi connectivity index (χ0) is 22.3. The zero-order valence-corrected chi connectivity index (χ0v) is 19.0. The maximum atomic E-state index is 12.6. The van der Waals surface area contributed by atoms with E-state index in [2.05, 4.69) is 15.5 Å². The summed E-state index contributed by atoms with van der Waals surface area (Å²) in [6.45, 7) is 4.37. The van der Waals surface area contributed by atoms with E-state index in [4.69, 9.17) is 4.74 Å². The number of unbranched alkanes of at least 4 members (excludes halogenated alkanes) is 1. The molecule has 31 heavy (non-hydrogen) atoms. The van der Waals surface area contributed by atoms with Gasteiger partial charge < -0.3 is 10.1 Å². The number of H-pyrrole nitrogens is 1. The van der Waals surface area contributed by atoms with Crippen LogP contribution in [0.5, 0.6) is 0 Å². The number of aromatic nitrogens is 3. The highest BCUT2D eigenvalue weighted by Crippen LogP contribution is 2.18. The van der Waals surface area contributed by atoms with Gasteiger partial charge in [-0.1, -0.05) is 37.2 Å². The van der Waals surface area contributed by atoms with Crippen LogP contribution in [-0.2, 0) is 32.6 Å². The molecule has 3 rings (SSSR count). The number of hydrogen-bond donors (Lipinski definition) is 2. The average Bonchev–Trinajstić information content (AvgIpc) is 3.14. The summed E-state index contributed by atoms with van der Waals surface area (Å²) in [4.78, 5) is 24.2. The second-order valence-corrected chi connectivity index (χ2v) is 9.92. The summed E-state index contributed by atoms with van der Waals surface area (Å²) >= 11 is 1.20. The number of carbonyl (C=O) groups is 1. The third kappa shape index (κ3) is 6.19. The molecule has 0 atom stereocenters. The Balaban J connectivity index is 1.50. The van der Waals surface area contributed by atoms with Crippen molar-refractivity contribution in [1.82, 2.24) is 24.4 Å². The predicted octanol–water partition coefficient (Wildman–Crippen LogP) is 0.801. The number of amides is 1. The zero-order valence-electron chi connectivity index (χ0n) is 17.4. The number of morpholine rings is 1. The molecule has 1 fully saturated rings. The molecule has 0 radical (unpaired) electrons. The van der Waals surface area contributed by atoms with Gasteiger partial charge in [-0.3, -0.25) is 9.36 Å². The highest BCUT2D eigenvalue weighted by Gasteiger charge is 2.26. The Bertz CT molecular complexity index is 1030. The lowest BCUT2D eigenvalue weighted by Gasteiger charge is -2.26. The second-order valence-electron chi connectivity index (χ2n) is 7.04. The van der Waals surface area contributed by atoms with Crippen molar-refractivity contribution in [2.75, 3.05) is 32.1 Å². The smallest absolute Gasteiger partial charge is 0.343 e. The lowest BCUT2D eigenvalue weighted by molar-refractivity contribution is -0.118. The molecule has 10 nitrogen and oxygen atoms in total. The van der Waals surface area contributed by atoms with Crippen LogP contribution in [0, 0.1) is 0 Å². The van der Waals surface area contributed by atoms with E-state index in [1.54, 1.807) is 24.3 Å². The fourth-order valence-corrected chi connectivity index (χ4v) is 5.23. The van der Waals surface area contributed by atoms with E-state index in [1.807, 2.05) is 6.92 Å². The van der Waals surface area contributed by atoms with Crippen LogP contribution in [0.4, 0.5) is 0 Å². The fraction of sp³-hybridized carbons (Fsp3) is 0.526. The van der Waals surface area contributed by atoms with Crippen LogP contribution in [0.25, 0.3) is 0 Å². The molecule has 1 aromatic carbocycles. The van der Waals surface area contributed by atoms with E-state index in [9.17, 15) is 18.0 Å². The van der Waals surface area contributed by atoms with Gasteiger partial charge in [0.05, 0.1) is 23.9 Å². The SMILES string of the molecule is CCCCn1c(SCC(=O)NCc2ccc(S(=O)(=O)N3CCOCC3)cc2)n[nH]c1=O. The summed E-state index contributed by atoms with van der Waals surface area (Å²) in [5, 5.41) is 9.67. The molecular weight excluding hydrogens is 442 g/mol. The maximum absolute atomic E-state index is 12.6. The van der Waals surface area contributed by atoms with Crippen LogP contribution in [-0.4, -0.2) is 65.5 Å². The van der Waals surface area contributed by atoms with Crippen molar-refractivity contribution < 1.29 is 17.9 Å². The van der Waals surface area contributed by atoms with Gasteiger partial charge in [-0.15, -0.1) is 5.10 Å². The van der Waals surface area contributed by atoms with Gasteiger partial charge >= 0.3 is 5.69 Å². The molecule has 0 aliphatic carbocycles. The first-order chi connectivity index (χ1) is 14.9. The van der Waals surface area contributed by atoms with E-state index >= 15 is 0 Å². The van der Waals surface area contributed by atoms with Crippen LogP contribution < -0.4 is 11.0 Å². The standard InChI is InChI=1S/C19H27N5O5S2/c1-2-3-8-24-18(26)21-22-19(24)30-14-17(25)20-13-15-4-6-16(7-5-15)31(27,28)23-9-11-29-12-10-23/h4-7H,2-3,8-14H2,1H3,(H,20,25)(H,21,26). The number of nitrogens with zero attached hydrogens (tertiary/aromatic N) is 3. The van der Waals surface area contributed by atoms with Gasteiger partial charge in [0.25, 0.3) is 0 Å². The van der Waals surface area contributed by atoms with Crippen molar-refractivity contribution in [1.29, 1.82) is 0 Å². The Morgan fingerprint density at radius 3 is 2.65 bits per heavy atom. The highest BCUT2D eigenvalue weighted by molar-refractivity contribution is 7.99. The van der Waals surface area contributed by atoms with Gasteiger partial charge in [0.15, 0.2) is 5.16 Å². The van der Waals surface area contributed by atoms with E-state index in [0.29, 0.717) is 38.0 Å². The molecule has 0 saturated carbocycles. The number of sulfonamides is 1. The molecule has 1 aromatic heterocycles. The Morgan fingerprint density at radius 1 is 1.26 bits per heavy atom. The van der Waals surface area contributed by atoms with Gasteiger partial charge in [-0.05, 0) is 24.1 Å². The Kier molecular flexibility index (Phi) is 8.29. The minimum Gasteiger partial charge on any atom is -0.379 e. The van der Waals surface area contributed by atoms with Gasteiger partial charge in [0.2, 0.25) is 15.9 Å². The third-order valence-corrected chi connectivity index (χ3v) is 7.70. The number of ether oxygens (including phenoxy) is 1. The number of nitrogens with one attached hydrogen (secondary N) is 2. The van der Waals surface area contributed by atoms with Gasteiger partial charge in [-0.2, -0.15) is 4.31 Å². The molecule has 170 valence electrons. The fourth-order valence-electron chi connectivity index (χ4n) is 3.02. The molecule has 2 N–H and O–H groups in total. The number of carbonyl (C=O) groups excluding carboxylic acids is 1. The lowest BCUT2D eigenvalue weighted by atomic mass is 10.2. The van der Waals surface area contributed by atoms with E-state index in [0.717, 1.165) is 18.4 Å². The van der Waals surface area contributed by atoms with Gasteiger partial charge in [0, 0.05) is 26.2 Å². The molecule has 2 heterocycles. The van der Waals surface area contributed by atoms with Crippen LogP contribution in [0.15, 0.2) is 39.1 Å². The normalized spacial score (nSPS) is 15.1. The first kappa shape index (κ1) is 23.5. The lowest BCUT2D eigenvalue weighted by Crippen LogP contribution is -2.40. The van der Waals surface area contributed by atoms with Crippen LogP contribution >= 0.6 is 11.8 Å². The topological polar surface area (TPSA) is 126 Å². The first-order valence-corrected chi connectivity index (χ1v) is 12.6. The van der Waals surface area contributed by atoms with Crippen molar-refractivity contribution >= 4 is 27.7 Å². The number of aromatic amines is 1. The van der Waals surface area contributed by atoms with Crippen LogP contribution in [0.1, 0.15) is 25.3 Å². The number of benzene rings is 1. The molecule has 12 heteroatoms. The highest BCUT2D eigenvalue weighted by atomic mass is 32.2. The Morgan fingerprint density at radius 2 is 1.97 bits per heavy atom. The summed E-state index contributed by atoms with van der Waals surface area (Å²) < 4.78 is 33.4. The number of thioether (sulfide) groups is 1. The largest absolute Gasteiger partial charge is 0.379 e. The second kappa shape index (κ2) is 10.9. The van der Waals surface area contributed by atoms with Crippen LogP contribution in [0.2, 0.25) is 0 Å². The molecule has 0 spiro atoms. The molecule has 1 saturated heterocycles.